The average molecular weight is 449 g/mol. The zero-order chi connectivity index (χ0) is 22.2. The molecule has 164 valence electrons. The second-order valence-corrected chi connectivity index (χ2v) is 9.39. The standard InChI is InChI=1S/C25H24N2O4S/c1-15(2)18-9-5-11-21-22(18)26-25(32-21)27(14-17-8-6-12-30-17)23(28)19-13-16-7-3-4-10-20(16)31-24(19)29/h3-5,7,9-11,13,15,17H,6,8,12,14H2,1-2H3. The maximum Gasteiger partial charge on any atom is 0.349 e. The molecule has 0 radical (unpaired) electrons. The molecule has 7 heteroatoms. The number of thiazole rings is 1. The smallest absolute Gasteiger partial charge is 0.349 e. The lowest BCUT2D eigenvalue weighted by Crippen LogP contribution is -2.39. The molecule has 5 rings (SSSR count). The second kappa shape index (κ2) is 8.48. The number of ether oxygens (including phenoxy) is 1. The van der Waals surface area contributed by atoms with Gasteiger partial charge in [0.25, 0.3) is 5.91 Å². The number of aromatic nitrogens is 1. The average Bonchev–Trinajstić information content (AvgIpc) is 3.45. The van der Waals surface area contributed by atoms with Gasteiger partial charge in [-0.25, -0.2) is 9.78 Å². The molecule has 0 bridgehead atoms. The molecule has 1 fully saturated rings. The maximum absolute atomic E-state index is 13.7. The van der Waals surface area contributed by atoms with Crippen molar-refractivity contribution < 1.29 is 13.9 Å². The third-order valence-corrected chi connectivity index (χ3v) is 6.86. The van der Waals surface area contributed by atoms with Gasteiger partial charge < -0.3 is 9.15 Å². The SMILES string of the molecule is CC(C)c1cccc2sc(N(CC3CCCO3)C(=O)c3cc4ccccc4oc3=O)nc12. The van der Waals surface area contributed by atoms with Gasteiger partial charge in [0.2, 0.25) is 0 Å². The van der Waals surface area contributed by atoms with Crippen LogP contribution in [0.25, 0.3) is 21.2 Å². The van der Waals surface area contributed by atoms with E-state index >= 15 is 0 Å². The van der Waals surface area contributed by atoms with Crippen LogP contribution in [0.2, 0.25) is 0 Å². The lowest BCUT2D eigenvalue weighted by atomic mass is 10.0. The van der Waals surface area contributed by atoms with Gasteiger partial charge in [0.15, 0.2) is 5.13 Å². The van der Waals surface area contributed by atoms with Crippen LogP contribution in [0.5, 0.6) is 0 Å². The number of anilines is 1. The van der Waals surface area contributed by atoms with Gasteiger partial charge in [-0.15, -0.1) is 0 Å². The van der Waals surface area contributed by atoms with E-state index in [0.29, 0.717) is 35.2 Å². The van der Waals surface area contributed by atoms with E-state index in [1.165, 1.54) is 11.3 Å². The molecule has 1 atom stereocenters. The minimum Gasteiger partial charge on any atom is -0.422 e. The first-order valence-corrected chi connectivity index (χ1v) is 11.7. The number of benzene rings is 2. The van der Waals surface area contributed by atoms with Gasteiger partial charge in [-0.2, -0.15) is 0 Å². The second-order valence-electron chi connectivity index (χ2n) is 8.38. The van der Waals surface area contributed by atoms with Crippen LogP contribution < -0.4 is 10.5 Å². The van der Waals surface area contributed by atoms with E-state index in [2.05, 4.69) is 19.9 Å². The van der Waals surface area contributed by atoms with E-state index < -0.39 is 11.5 Å². The highest BCUT2D eigenvalue weighted by atomic mass is 32.1. The summed E-state index contributed by atoms with van der Waals surface area (Å²) in [6.07, 6.45) is 1.75. The van der Waals surface area contributed by atoms with Gasteiger partial charge in [-0.3, -0.25) is 9.69 Å². The number of carbonyl (C=O) groups excluding carboxylic acids is 1. The number of hydrogen-bond acceptors (Lipinski definition) is 6. The maximum atomic E-state index is 13.7. The van der Waals surface area contributed by atoms with Crippen LogP contribution in [-0.2, 0) is 4.74 Å². The normalized spacial score (nSPS) is 16.3. The summed E-state index contributed by atoms with van der Waals surface area (Å²) in [4.78, 5) is 32.8. The zero-order valence-corrected chi connectivity index (χ0v) is 18.9. The van der Waals surface area contributed by atoms with Gasteiger partial charge in [0, 0.05) is 12.0 Å². The predicted octanol–water partition coefficient (Wildman–Crippen LogP) is 5.35. The van der Waals surface area contributed by atoms with Crippen molar-refractivity contribution in [1.82, 2.24) is 4.98 Å². The van der Waals surface area contributed by atoms with Crippen molar-refractivity contribution in [3.8, 4) is 0 Å². The monoisotopic (exact) mass is 448 g/mol. The Kier molecular flexibility index (Phi) is 5.53. The first kappa shape index (κ1) is 20.8. The van der Waals surface area contributed by atoms with E-state index in [1.54, 1.807) is 23.1 Å². The zero-order valence-electron chi connectivity index (χ0n) is 18.0. The Hall–Kier alpha value is -3.03. The van der Waals surface area contributed by atoms with E-state index in [0.717, 1.165) is 28.6 Å². The number of para-hydroxylation sites is 2. The number of amides is 1. The van der Waals surface area contributed by atoms with Crippen molar-refractivity contribution in [1.29, 1.82) is 0 Å². The molecule has 4 aromatic rings. The first-order valence-electron chi connectivity index (χ1n) is 10.9. The highest BCUT2D eigenvalue weighted by molar-refractivity contribution is 7.22. The molecular weight excluding hydrogens is 424 g/mol. The summed E-state index contributed by atoms with van der Waals surface area (Å²) in [6.45, 7) is 5.29. The molecule has 1 aliphatic heterocycles. The molecule has 0 aliphatic carbocycles. The Labute approximate surface area is 189 Å². The molecular formula is C25H24N2O4S. The van der Waals surface area contributed by atoms with E-state index in [-0.39, 0.29) is 11.7 Å². The summed E-state index contributed by atoms with van der Waals surface area (Å²) >= 11 is 1.46. The number of fused-ring (bicyclic) bond motifs is 2. The summed E-state index contributed by atoms with van der Waals surface area (Å²) < 4.78 is 12.3. The fourth-order valence-electron chi connectivity index (χ4n) is 4.14. The lowest BCUT2D eigenvalue weighted by molar-refractivity contribution is 0.0914. The Balaban J connectivity index is 1.61. The fraction of sp³-hybridized carbons (Fsp3) is 0.320. The summed E-state index contributed by atoms with van der Waals surface area (Å²) in [5.41, 5.74) is 1.86. The molecule has 32 heavy (non-hydrogen) atoms. The minimum absolute atomic E-state index is 0.00466. The molecule has 0 spiro atoms. The lowest BCUT2D eigenvalue weighted by Gasteiger charge is -2.22. The molecule has 1 saturated heterocycles. The topological polar surface area (TPSA) is 72.6 Å². The Morgan fingerprint density at radius 2 is 2.06 bits per heavy atom. The van der Waals surface area contributed by atoms with Gasteiger partial charge >= 0.3 is 5.63 Å². The van der Waals surface area contributed by atoms with E-state index in [9.17, 15) is 9.59 Å². The minimum atomic E-state index is -0.643. The van der Waals surface area contributed by atoms with Gasteiger partial charge in [0.05, 0.1) is 22.9 Å². The van der Waals surface area contributed by atoms with Crippen LogP contribution in [0.15, 0.2) is 57.7 Å². The van der Waals surface area contributed by atoms with Crippen LogP contribution in [0, 0.1) is 0 Å². The largest absolute Gasteiger partial charge is 0.422 e. The summed E-state index contributed by atoms with van der Waals surface area (Å²) in [5, 5.41) is 1.28. The Morgan fingerprint density at radius 1 is 1.22 bits per heavy atom. The van der Waals surface area contributed by atoms with Gasteiger partial charge in [0.1, 0.15) is 11.1 Å². The third-order valence-electron chi connectivity index (χ3n) is 5.82. The fourth-order valence-corrected chi connectivity index (χ4v) is 5.14. The molecule has 1 amide bonds. The Bertz CT molecular complexity index is 1350. The van der Waals surface area contributed by atoms with Crippen molar-refractivity contribution in [3.63, 3.8) is 0 Å². The molecule has 2 aromatic carbocycles. The van der Waals surface area contributed by atoms with Crippen LogP contribution in [-0.4, -0.2) is 30.1 Å². The molecule has 3 heterocycles. The van der Waals surface area contributed by atoms with Crippen molar-refractivity contribution in [3.05, 3.63) is 70.1 Å². The molecule has 0 saturated carbocycles. The molecule has 6 nitrogen and oxygen atoms in total. The number of carbonyl (C=O) groups is 1. The third kappa shape index (κ3) is 3.82. The van der Waals surface area contributed by atoms with Gasteiger partial charge in [-0.1, -0.05) is 55.5 Å². The summed E-state index contributed by atoms with van der Waals surface area (Å²) in [7, 11) is 0. The Morgan fingerprint density at radius 3 is 2.84 bits per heavy atom. The van der Waals surface area contributed by atoms with Crippen molar-refractivity contribution in [2.24, 2.45) is 0 Å². The van der Waals surface area contributed by atoms with Crippen molar-refractivity contribution in [2.75, 3.05) is 18.1 Å². The first-order chi connectivity index (χ1) is 15.5. The molecule has 2 aromatic heterocycles. The molecule has 0 N–H and O–H groups in total. The summed E-state index contributed by atoms with van der Waals surface area (Å²) in [6, 6.07) is 14.9. The quantitative estimate of drug-likeness (QED) is 0.385. The van der Waals surface area contributed by atoms with E-state index in [4.69, 9.17) is 14.1 Å². The van der Waals surface area contributed by atoms with Gasteiger partial charge in [-0.05, 0) is 42.5 Å². The number of hydrogen-bond donors (Lipinski definition) is 0. The van der Waals surface area contributed by atoms with E-state index in [1.807, 2.05) is 24.3 Å². The highest BCUT2D eigenvalue weighted by Gasteiger charge is 2.29. The summed E-state index contributed by atoms with van der Waals surface area (Å²) in [5.74, 6) is -0.103. The number of rotatable bonds is 5. The number of nitrogens with zero attached hydrogens (tertiary/aromatic N) is 2. The molecule has 1 unspecified atom stereocenters. The highest BCUT2D eigenvalue weighted by Crippen LogP contribution is 2.34. The van der Waals surface area contributed by atoms with Crippen LogP contribution in [0.3, 0.4) is 0 Å². The van der Waals surface area contributed by atoms with Crippen LogP contribution in [0.4, 0.5) is 5.13 Å². The predicted molar refractivity (Wildman–Crippen MR) is 127 cm³/mol. The van der Waals surface area contributed by atoms with Crippen molar-refractivity contribution >= 4 is 43.6 Å². The van der Waals surface area contributed by atoms with Crippen LogP contribution in [0.1, 0.15) is 48.5 Å². The molecule has 1 aliphatic rings. The van der Waals surface area contributed by atoms with Crippen molar-refractivity contribution in [2.45, 2.75) is 38.7 Å². The van der Waals surface area contributed by atoms with Crippen LogP contribution >= 0.6 is 11.3 Å².